The average molecular weight is 582 g/mol. The minimum atomic E-state index is -3.95. The second-order valence-corrected chi connectivity index (χ2v) is 12.7. The number of aryl methyl sites for hydroxylation is 1. The van der Waals surface area contributed by atoms with Gasteiger partial charge in [0.2, 0.25) is 0 Å². The molecule has 1 fully saturated rings. The van der Waals surface area contributed by atoms with Crippen molar-refractivity contribution in [2.75, 3.05) is 50.0 Å². The third-order valence-electron chi connectivity index (χ3n) is 6.60. The van der Waals surface area contributed by atoms with Crippen LogP contribution in [0.3, 0.4) is 0 Å². The van der Waals surface area contributed by atoms with Crippen LogP contribution in [-0.2, 0) is 14.8 Å². The fraction of sp³-hybridized carbons (Fsp3) is 0.286. The average Bonchev–Trinajstić information content (AvgIpc) is 3.39. The van der Waals surface area contributed by atoms with Gasteiger partial charge in [0.15, 0.2) is 0 Å². The predicted molar refractivity (Wildman–Crippen MR) is 158 cm³/mol. The fourth-order valence-corrected chi connectivity index (χ4v) is 6.70. The number of nitrogens with zero attached hydrogens (tertiary/aromatic N) is 2. The molecule has 210 valence electrons. The van der Waals surface area contributed by atoms with Crippen molar-refractivity contribution in [3.05, 3.63) is 82.1 Å². The summed E-state index contributed by atoms with van der Waals surface area (Å²) in [6.45, 7) is 7.23. The normalized spacial score (nSPS) is 14.2. The van der Waals surface area contributed by atoms with E-state index < -0.39 is 16.1 Å². The second-order valence-electron chi connectivity index (χ2n) is 9.50. The number of nitrogens with one attached hydrogen (secondary N) is 3. The highest BCUT2D eigenvalue weighted by molar-refractivity contribution is 7.92. The summed E-state index contributed by atoms with van der Waals surface area (Å²) in [4.78, 5) is 28.7. The van der Waals surface area contributed by atoms with Crippen LogP contribution < -0.4 is 20.9 Å². The van der Waals surface area contributed by atoms with Gasteiger partial charge in [-0.15, -0.1) is 11.3 Å². The maximum atomic E-state index is 13.2. The van der Waals surface area contributed by atoms with Crippen LogP contribution >= 0.6 is 11.3 Å². The molecule has 1 aliphatic rings. The maximum Gasteiger partial charge on any atom is 0.333 e. The molecule has 2 amide bonds. The van der Waals surface area contributed by atoms with E-state index >= 15 is 0 Å². The van der Waals surface area contributed by atoms with Crippen molar-refractivity contribution in [1.82, 2.24) is 14.2 Å². The topological polar surface area (TPSA) is 122 Å². The Morgan fingerprint density at radius 1 is 1.00 bits per heavy atom. The number of thiophene rings is 1. The number of hydrogen-bond acceptors (Lipinski definition) is 8. The molecule has 0 unspecified atom stereocenters. The number of pyridine rings is 1. The summed E-state index contributed by atoms with van der Waals surface area (Å²) < 4.78 is 33.7. The summed E-state index contributed by atoms with van der Waals surface area (Å²) >= 11 is 1.08. The molecule has 0 saturated carbocycles. The Labute approximate surface area is 236 Å². The van der Waals surface area contributed by atoms with Crippen LogP contribution in [0.25, 0.3) is 16.5 Å². The van der Waals surface area contributed by atoms with Gasteiger partial charge in [0, 0.05) is 53.2 Å². The number of urea groups is 1. The minimum Gasteiger partial charge on any atom is -0.385 e. The third kappa shape index (κ3) is 6.70. The number of carbonyl (C=O) groups excluding carboxylic acids is 1. The highest BCUT2D eigenvalue weighted by Crippen LogP contribution is 2.21. The quantitative estimate of drug-likeness (QED) is 0.256. The molecule has 4 aromatic rings. The van der Waals surface area contributed by atoms with Crippen molar-refractivity contribution in [1.29, 1.82) is 0 Å². The molecule has 1 aliphatic heterocycles. The molecular formula is C28H31N5O5S2. The molecule has 40 heavy (non-hydrogen) atoms. The Hall–Kier alpha value is -3.71. The molecule has 0 aliphatic carbocycles. The van der Waals surface area contributed by atoms with Gasteiger partial charge in [-0.25, -0.2) is 17.9 Å². The lowest BCUT2D eigenvalue weighted by atomic mass is 10.1. The van der Waals surface area contributed by atoms with Crippen LogP contribution in [0.1, 0.15) is 11.3 Å². The summed E-state index contributed by atoms with van der Waals surface area (Å²) in [7, 11) is -3.95. The first-order valence-electron chi connectivity index (χ1n) is 13.0. The van der Waals surface area contributed by atoms with Crippen molar-refractivity contribution in [3.8, 4) is 5.69 Å². The highest BCUT2D eigenvalue weighted by atomic mass is 32.2. The van der Waals surface area contributed by atoms with Crippen LogP contribution in [0, 0.1) is 6.92 Å². The minimum absolute atomic E-state index is 0.0675. The summed E-state index contributed by atoms with van der Waals surface area (Å²) in [5.41, 5.74) is 1.81. The molecule has 2 aromatic heterocycles. The zero-order chi connectivity index (χ0) is 28.1. The molecule has 0 spiro atoms. The summed E-state index contributed by atoms with van der Waals surface area (Å²) in [5, 5.41) is 7.40. The molecule has 10 nitrogen and oxygen atoms in total. The Morgan fingerprint density at radius 3 is 2.48 bits per heavy atom. The number of anilines is 2. The van der Waals surface area contributed by atoms with Gasteiger partial charge in [0.1, 0.15) is 4.21 Å². The van der Waals surface area contributed by atoms with E-state index in [9.17, 15) is 18.0 Å². The Kier molecular flexibility index (Phi) is 8.50. The van der Waals surface area contributed by atoms with Gasteiger partial charge in [-0.3, -0.25) is 14.3 Å². The first-order valence-corrected chi connectivity index (χ1v) is 15.3. The first kappa shape index (κ1) is 27.8. The summed E-state index contributed by atoms with van der Waals surface area (Å²) in [5.74, 6) is 0. The third-order valence-corrected chi connectivity index (χ3v) is 9.42. The lowest BCUT2D eigenvalue weighted by molar-refractivity contribution is 0.0378. The van der Waals surface area contributed by atoms with Crippen LogP contribution in [0.2, 0.25) is 0 Å². The van der Waals surface area contributed by atoms with Gasteiger partial charge < -0.3 is 15.4 Å². The molecule has 2 aromatic carbocycles. The van der Waals surface area contributed by atoms with Crippen molar-refractivity contribution >= 4 is 49.5 Å². The largest absolute Gasteiger partial charge is 0.385 e. The van der Waals surface area contributed by atoms with E-state index in [1.807, 2.05) is 29.0 Å². The molecular weight excluding hydrogens is 550 g/mol. The predicted octanol–water partition coefficient (Wildman–Crippen LogP) is 4.01. The van der Waals surface area contributed by atoms with Gasteiger partial charge in [-0.2, -0.15) is 0 Å². The van der Waals surface area contributed by atoms with Gasteiger partial charge in [0.25, 0.3) is 15.6 Å². The molecule has 3 heterocycles. The van der Waals surface area contributed by atoms with E-state index in [1.165, 1.54) is 10.6 Å². The standard InChI is InChI=1S/C28H31N5O5S2/c1-20-3-10-26(39-20)40(36,37)31-28(35)30-22-4-7-24(8-5-22)33-14-11-21-19-23(6-9-25(21)27(33)34)29-12-2-13-32-15-17-38-18-16-32/h3-11,14,19,29H,2,12-13,15-18H2,1H3,(H2,30,31,35). The number of aromatic nitrogens is 1. The van der Waals surface area contributed by atoms with E-state index in [4.69, 9.17) is 4.74 Å². The molecule has 3 N–H and O–H groups in total. The molecule has 0 atom stereocenters. The smallest absolute Gasteiger partial charge is 0.333 e. The molecule has 12 heteroatoms. The van der Waals surface area contributed by atoms with E-state index in [1.54, 1.807) is 43.5 Å². The van der Waals surface area contributed by atoms with Gasteiger partial charge in [0.05, 0.1) is 13.2 Å². The lowest BCUT2D eigenvalue weighted by Gasteiger charge is -2.26. The zero-order valence-electron chi connectivity index (χ0n) is 22.1. The van der Waals surface area contributed by atoms with Crippen LogP contribution in [0.4, 0.5) is 16.2 Å². The number of fused-ring (bicyclic) bond motifs is 1. The zero-order valence-corrected chi connectivity index (χ0v) is 23.7. The molecule has 0 bridgehead atoms. The maximum absolute atomic E-state index is 13.2. The molecule has 5 rings (SSSR count). The monoisotopic (exact) mass is 581 g/mol. The second kappa shape index (κ2) is 12.2. The van der Waals surface area contributed by atoms with E-state index in [-0.39, 0.29) is 9.77 Å². The van der Waals surface area contributed by atoms with Crippen LogP contribution in [-0.4, -0.2) is 63.3 Å². The first-order chi connectivity index (χ1) is 19.3. The number of benzene rings is 2. The summed E-state index contributed by atoms with van der Waals surface area (Å²) in [6.07, 6.45) is 2.74. The Bertz CT molecular complexity index is 1660. The van der Waals surface area contributed by atoms with Crippen molar-refractivity contribution < 1.29 is 17.9 Å². The number of rotatable bonds is 9. The highest BCUT2D eigenvalue weighted by Gasteiger charge is 2.19. The van der Waals surface area contributed by atoms with Crippen molar-refractivity contribution in [2.24, 2.45) is 0 Å². The number of carbonyl (C=O) groups is 1. The van der Waals surface area contributed by atoms with Gasteiger partial charge >= 0.3 is 6.03 Å². The summed E-state index contributed by atoms with van der Waals surface area (Å²) in [6, 6.07) is 16.5. The SMILES string of the molecule is Cc1ccc(S(=O)(=O)NC(=O)Nc2ccc(-n3ccc4cc(NCCCN5CCOCC5)ccc4c3=O)cc2)s1. The Balaban J connectivity index is 1.20. The van der Waals surface area contributed by atoms with E-state index in [2.05, 4.69) is 15.5 Å². The number of sulfonamides is 1. The number of amides is 2. The van der Waals surface area contributed by atoms with Crippen molar-refractivity contribution in [2.45, 2.75) is 17.6 Å². The molecule has 0 radical (unpaired) electrons. The van der Waals surface area contributed by atoms with E-state index in [0.29, 0.717) is 16.8 Å². The Morgan fingerprint density at radius 2 is 1.75 bits per heavy atom. The fourth-order valence-electron chi connectivity index (χ4n) is 4.51. The van der Waals surface area contributed by atoms with Crippen molar-refractivity contribution in [3.63, 3.8) is 0 Å². The lowest BCUT2D eigenvalue weighted by Crippen LogP contribution is -2.37. The van der Waals surface area contributed by atoms with Gasteiger partial charge in [-0.05, 0) is 85.9 Å². The van der Waals surface area contributed by atoms with Gasteiger partial charge in [-0.1, -0.05) is 0 Å². The van der Waals surface area contributed by atoms with Crippen LogP contribution in [0.5, 0.6) is 0 Å². The van der Waals surface area contributed by atoms with E-state index in [0.717, 1.165) is 73.1 Å². The molecule has 1 saturated heterocycles. The number of ether oxygens (including phenoxy) is 1. The number of hydrogen-bond donors (Lipinski definition) is 3. The van der Waals surface area contributed by atoms with Crippen LogP contribution in [0.15, 0.2) is 75.9 Å². The number of morpholine rings is 1.